The predicted octanol–water partition coefficient (Wildman–Crippen LogP) is 6.38. The predicted molar refractivity (Wildman–Crippen MR) is 90.8 cm³/mol. The van der Waals surface area contributed by atoms with Gasteiger partial charge in [-0.1, -0.05) is 31.6 Å². The van der Waals surface area contributed by atoms with Crippen molar-refractivity contribution in [1.82, 2.24) is 0 Å². The van der Waals surface area contributed by atoms with Gasteiger partial charge in [0.25, 0.3) is 0 Å². The largest absolute Gasteiger partial charge is 0.416 e. The number of carbonyl (C=O) groups is 1. The van der Waals surface area contributed by atoms with Gasteiger partial charge in [0.15, 0.2) is 5.78 Å². The van der Waals surface area contributed by atoms with Crippen LogP contribution in [-0.4, -0.2) is 5.78 Å². The number of hydrogen-bond acceptors (Lipinski definition) is 2. The highest BCUT2D eigenvalue weighted by Gasteiger charge is 2.29. The zero-order valence-electron chi connectivity index (χ0n) is 12.3. The Bertz CT molecular complexity index is 714. The van der Waals surface area contributed by atoms with Gasteiger partial charge in [0.1, 0.15) is 0 Å². The van der Waals surface area contributed by atoms with Crippen LogP contribution in [0.15, 0.2) is 40.9 Å². The Morgan fingerprint density at radius 2 is 1.91 bits per heavy atom. The number of halogens is 4. The van der Waals surface area contributed by atoms with Crippen molar-refractivity contribution in [1.29, 1.82) is 0 Å². The van der Waals surface area contributed by atoms with E-state index < -0.39 is 11.7 Å². The van der Waals surface area contributed by atoms with E-state index in [-0.39, 0.29) is 5.78 Å². The molecule has 0 aliphatic rings. The van der Waals surface area contributed by atoms with E-state index in [0.717, 1.165) is 34.3 Å². The summed E-state index contributed by atoms with van der Waals surface area (Å²) in [5, 5.41) is 0. The molecule has 0 spiro atoms. The van der Waals surface area contributed by atoms with Crippen LogP contribution in [0, 0.1) is 0 Å². The first-order valence-electron chi connectivity index (χ1n) is 6.99. The maximum atomic E-state index is 12.5. The second kappa shape index (κ2) is 7.45. The van der Waals surface area contributed by atoms with Gasteiger partial charge in [0.05, 0.1) is 10.4 Å². The topological polar surface area (TPSA) is 17.1 Å². The van der Waals surface area contributed by atoms with Gasteiger partial charge in [-0.2, -0.15) is 13.2 Å². The number of carbonyl (C=O) groups excluding carboxylic acids is 1. The molecule has 6 heteroatoms. The summed E-state index contributed by atoms with van der Waals surface area (Å²) >= 11 is 4.87. The van der Waals surface area contributed by atoms with Crippen molar-refractivity contribution in [2.24, 2.45) is 0 Å². The monoisotopic (exact) mass is 402 g/mol. The maximum Gasteiger partial charge on any atom is 0.416 e. The number of rotatable bonds is 5. The van der Waals surface area contributed by atoms with Gasteiger partial charge in [-0.15, -0.1) is 11.3 Å². The van der Waals surface area contributed by atoms with Crippen molar-refractivity contribution >= 4 is 39.1 Å². The Labute approximate surface area is 145 Å². The molecule has 2 rings (SSSR count). The zero-order chi connectivity index (χ0) is 17.0. The van der Waals surface area contributed by atoms with E-state index in [0.29, 0.717) is 10.4 Å². The Morgan fingerprint density at radius 1 is 1.26 bits per heavy atom. The lowest BCUT2D eigenvalue weighted by Gasteiger charge is -2.05. The fraction of sp³-hybridized carbons (Fsp3) is 0.235. The van der Waals surface area contributed by atoms with E-state index >= 15 is 0 Å². The highest BCUT2D eigenvalue weighted by Crippen LogP contribution is 2.30. The van der Waals surface area contributed by atoms with Gasteiger partial charge < -0.3 is 0 Å². The highest BCUT2D eigenvalue weighted by atomic mass is 79.9. The molecule has 0 aliphatic carbocycles. The molecular weight excluding hydrogens is 389 g/mol. The second-order valence-electron chi connectivity index (χ2n) is 4.95. The van der Waals surface area contributed by atoms with Crippen molar-refractivity contribution in [2.75, 3.05) is 0 Å². The fourth-order valence-corrected chi connectivity index (χ4v) is 3.86. The summed E-state index contributed by atoms with van der Waals surface area (Å²) in [7, 11) is 0. The van der Waals surface area contributed by atoms with Crippen LogP contribution < -0.4 is 0 Å². The van der Waals surface area contributed by atoms with Crippen molar-refractivity contribution in [3.8, 4) is 0 Å². The van der Waals surface area contributed by atoms with Crippen LogP contribution in [0.4, 0.5) is 13.2 Å². The van der Waals surface area contributed by atoms with E-state index in [2.05, 4.69) is 22.9 Å². The minimum Gasteiger partial charge on any atom is -0.288 e. The first kappa shape index (κ1) is 17.9. The molecule has 122 valence electrons. The number of benzene rings is 1. The molecule has 0 saturated heterocycles. The van der Waals surface area contributed by atoms with Crippen molar-refractivity contribution in [2.45, 2.75) is 25.9 Å². The molecule has 0 fully saturated rings. The van der Waals surface area contributed by atoms with Gasteiger partial charge in [0, 0.05) is 9.35 Å². The molecule has 23 heavy (non-hydrogen) atoms. The number of alkyl halides is 3. The Hall–Kier alpha value is -1.40. The third-order valence-corrected chi connectivity index (χ3v) is 5.32. The fourth-order valence-electron chi connectivity index (χ4n) is 1.96. The number of ketones is 1. The lowest BCUT2D eigenvalue weighted by molar-refractivity contribution is -0.137. The molecule has 0 N–H and O–H groups in total. The molecule has 0 amide bonds. The summed E-state index contributed by atoms with van der Waals surface area (Å²) < 4.78 is 38.4. The number of hydrogen-bond donors (Lipinski definition) is 0. The van der Waals surface area contributed by atoms with Crippen LogP contribution in [0.5, 0.6) is 0 Å². The first-order valence-corrected chi connectivity index (χ1v) is 8.60. The molecule has 0 bridgehead atoms. The number of thiophene rings is 1. The lowest BCUT2D eigenvalue weighted by Crippen LogP contribution is -2.03. The van der Waals surface area contributed by atoms with E-state index in [4.69, 9.17) is 0 Å². The second-order valence-corrected chi connectivity index (χ2v) is 6.94. The standard InChI is InChI=1S/C17H14BrF3OS/c1-2-3-15-13(18)10-16(23-15)14(22)9-6-11-4-7-12(8-5-11)17(19,20)21/h4-10H,2-3H2,1H3/b9-6+. The van der Waals surface area contributed by atoms with Crippen molar-refractivity contribution < 1.29 is 18.0 Å². The van der Waals surface area contributed by atoms with Crippen LogP contribution in [0.3, 0.4) is 0 Å². The molecule has 1 aromatic heterocycles. The zero-order valence-corrected chi connectivity index (χ0v) is 14.7. The number of allylic oxidation sites excluding steroid dienone is 1. The van der Waals surface area contributed by atoms with E-state index in [1.54, 1.807) is 6.07 Å². The van der Waals surface area contributed by atoms with Crippen LogP contribution in [0.25, 0.3) is 6.08 Å². The summed E-state index contributed by atoms with van der Waals surface area (Å²) in [5.74, 6) is -0.155. The Morgan fingerprint density at radius 3 is 2.48 bits per heavy atom. The lowest BCUT2D eigenvalue weighted by atomic mass is 10.1. The SMILES string of the molecule is CCCc1sc(C(=O)/C=C/c2ccc(C(F)(F)F)cc2)cc1Br. The van der Waals surface area contributed by atoms with Crippen LogP contribution in [0.1, 0.15) is 39.0 Å². The average Bonchev–Trinajstić information content (AvgIpc) is 2.86. The van der Waals surface area contributed by atoms with Crippen molar-refractivity contribution in [3.63, 3.8) is 0 Å². The highest BCUT2D eigenvalue weighted by molar-refractivity contribution is 9.10. The summed E-state index contributed by atoms with van der Waals surface area (Å²) in [6.45, 7) is 2.07. The smallest absolute Gasteiger partial charge is 0.288 e. The summed E-state index contributed by atoms with van der Waals surface area (Å²) in [6, 6.07) is 6.49. The van der Waals surface area contributed by atoms with Crippen LogP contribution in [0.2, 0.25) is 0 Å². The molecule has 0 atom stereocenters. The molecule has 0 radical (unpaired) electrons. The first-order chi connectivity index (χ1) is 10.8. The molecule has 2 aromatic rings. The molecule has 1 nitrogen and oxygen atoms in total. The number of aryl methyl sites for hydroxylation is 1. The molecule has 0 aliphatic heterocycles. The molecular formula is C17H14BrF3OS. The molecule has 0 saturated carbocycles. The molecule has 1 aromatic carbocycles. The summed E-state index contributed by atoms with van der Waals surface area (Å²) in [6.07, 6.45) is 0.457. The van der Waals surface area contributed by atoms with E-state index in [1.807, 2.05) is 0 Å². The Kier molecular flexibility index (Phi) is 5.81. The van der Waals surface area contributed by atoms with Gasteiger partial charge in [0.2, 0.25) is 0 Å². The third-order valence-electron chi connectivity index (χ3n) is 3.14. The molecule has 1 heterocycles. The normalized spacial score (nSPS) is 12.0. The van der Waals surface area contributed by atoms with Crippen LogP contribution in [-0.2, 0) is 12.6 Å². The average molecular weight is 403 g/mol. The quantitative estimate of drug-likeness (QED) is 0.418. The van der Waals surface area contributed by atoms with E-state index in [1.165, 1.54) is 35.6 Å². The van der Waals surface area contributed by atoms with Crippen molar-refractivity contribution in [3.05, 3.63) is 61.8 Å². The Balaban J connectivity index is 2.10. The van der Waals surface area contributed by atoms with Gasteiger partial charge in [-0.25, -0.2) is 0 Å². The van der Waals surface area contributed by atoms with Gasteiger partial charge in [-0.3, -0.25) is 4.79 Å². The van der Waals surface area contributed by atoms with Crippen LogP contribution >= 0.6 is 27.3 Å². The molecule has 0 unspecified atom stereocenters. The minimum absolute atomic E-state index is 0.155. The maximum absolute atomic E-state index is 12.5. The van der Waals surface area contributed by atoms with Gasteiger partial charge in [-0.05, 0) is 52.2 Å². The minimum atomic E-state index is -4.35. The summed E-state index contributed by atoms with van der Waals surface area (Å²) in [5.41, 5.74) is -0.150. The third kappa shape index (κ3) is 4.78. The van der Waals surface area contributed by atoms with Gasteiger partial charge >= 0.3 is 6.18 Å². The summed E-state index contributed by atoms with van der Waals surface area (Å²) in [4.78, 5) is 13.9. The van der Waals surface area contributed by atoms with E-state index in [9.17, 15) is 18.0 Å².